The van der Waals surface area contributed by atoms with Gasteiger partial charge in [0.05, 0.1) is 18.2 Å². The average molecular weight is 362 g/mol. The van der Waals surface area contributed by atoms with Crippen molar-refractivity contribution in [1.82, 2.24) is 14.7 Å². The molecule has 4 nitrogen and oxygen atoms in total. The summed E-state index contributed by atoms with van der Waals surface area (Å²) in [4.78, 5) is 14.8. The van der Waals surface area contributed by atoms with Crippen LogP contribution >= 0.6 is 15.9 Å². The van der Waals surface area contributed by atoms with Crippen molar-refractivity contribution < 1.29 is 4.79 Å². The molecular formula is C17H20BrN3O. The molecule has 1 fully saturated rings. The lowest BCUT2D eigenvalue weighted by atomic mass is 9.98. The first-order valence-corrected chi connectivity index (χ1v) is 8.46. The Kier molecular flexibility index (Phi) is 4.62. The van der Waals surface area contributed by atoms with Gasteiger partial charge in [-0.2, -0.15) is 5.10 Å². The molecule has 2 heterocycles. The second-order valence-electron chi connectivity index (χ2n) is 5.78. The predicted molar refractivity (Wildman–Crippen MR) is 89.4 cm³/mol. The molecule has 1 saturated heterocycles. The van der Waals surface area contributed by atoms with Gasteiger partial charge < -0.3 is 4.90 Å². The van der Waals surface area contributed by atoms with Crippen molar-refractivity contribution in [1.29, 1.82) is 0 Å². The van der Waals surface area contributed by atoms with Crippen LogP contribution in [0.5, 0.6) is 0 Å². The smallest absolute Gasteiger partial charge is 0.227 e. The predicted octanol–water partition coefficient (Wildman–Crippen LogP) is 3.48. The van der Waals surface area contributed by atoms with Gasteiger partial charge in [0.15, 0.2) is 0 Å². The summed E-state index contributed by atoms with van der Waals surface area (Å²) in [6.07, 6.45) is 5.53. The number of hydrogen-bond donors (Lipinski definition) is 0. The van der Waals surface area contributed by atoms with Gasteiger partial charge in [-0.1, -0.05) is 28.1 Å². The molecule has 1 aliphatic heterocycles. The molecule has 3 rings (SSSR count). The van der Waals surface area contributed by atoms with Crippen LogP contribution in [0.1, 0.15) is 36.6 Å². The number of hydrogen-bond acceptors (Lipinski definition) is 2. The van der Waals surface area contributed by atoms with E-state index in [4.69, 9.17) is 0 Å². The fraction of sp³-hybridized carbons (Fsp3) is 0.412. The monoisotopic (exact) mass is 361 g/mol. The number of likely N-dealkylation sites (tertiary alicyclic amines) is 1. The molecule has 116 valence electrons. The zero-order chi connectivity index (χ0) is 15.5. The second kappa shape index (κ2) is 6.65. The molecule has 1 aromatic heterocycles. The minimum atomic E-state index is 0.157. The van der Waals surface area contributed by atoms with Crippen molar-refractivity contribution in [3.05, 3.63) is 52.3 Å². The van der Waals surface area contributed by atoms with Gasteiger partial charge in [-0.3, -0.25) is 9.48 Å². The molecule has 0 N–H and O–H groups in total. The van der Waals surface area contributed by atoms with E-state index in [9.17, 15) is 4.79 Å². The molecule has 1 amide bonds. The normalized spacial score (nSPS) is 18.5. The summed E-state index contributed by atoms with van der Waals surface area (Å²) < 4.78 is 2.92. The maximum absolute atomic E-state index is 12.8. The first-order chi connectivity index (χ1) is 10.6. The molecule has 2 aromatic rings. The van der Waals surface area contributed by atoms with Crippen molar-refractivity contribution in [3.63, 3.8) is 0 Å². The fourth-order valence-corrected chi connectivity index (χ4v) is 3.39. The van der Waals surface area contributed by atoms with Crippen LogP contribution in [-0.4, -0.2) is 27.1 Å². The van der Waals surface area contributed by atoms with E-state index in [0.717, 1.165) is 41.5 Å². The number of benzene rings is 1. The SMILES string of the molecule is Cn1nccc1C1CCCCN1C(=O)Cc1ccc(Br)cc1. The molecule has 1 aromatic carbocycles. The largest absolute Gasteiger partial charge is 0.334 e. The van der Waals surface area contributed by atoms with Crippen LogP contribution in [0.2, 0.25) is 0 Å². The Hall–Kier alpha value is -1.62. The van der Waals surface area contributed by atoms with Gasteiger partial charge in [0, 0.05) is 24.3 Å². The number of rotatable bonds is 3. The van der Waals surface area contributed by atoms with E-state index >= 15 is 0 Å². The summed E-state index contributed by atoms with van der Waals surface area (Å²) in [6.45, 7) is 0.839. The van der Waals surface area contributed by atoms with Crippen molar-refractivity contribution >= 4 is 21.8 Å². The summed E-state index contributed by atoms with van der Waals surface area (Å²) in [5.41, 5.74) is 2.19. The highest BCUT2D eigenvalue weighted by Crippen LogP contribution is 2.31. The lowest BCUT2D eigenvalue weighted by Crippen LogP contribution is -2.40. The Morgan fingerprint density at radius 1 is 1.27 bits per heavy atom. The molecule has 1 unspecified atom stereocenters. The number of halogens is 1. The Balaban J connectivity index is 1.77. The molecule has 1 aliphatic rings. The molecular weight excluding hydrogens is 342 g/mol. The van der Waals surface area contributed by atoms with E-state index in [0.29, 0.717) is 6.42 Å². The minimum absolute atomic E-state index is 0.157. The minimum Gasteiger partial charge on any atom is -0.334 e. The van der Waals surface area contributed by atoms with Gasteiger partial charge in [-0.25, -0.2) is 0 Å². The van der Waals surface area contributed by atoms with Crippen LogP contribution in [0.4, 0.5) is 0 Å². The van der Waals surface area contributed by atoms with Crippen molar-refractivity contribution in [3.8, 4) is 0 Å². The first-order valence-electron chi connectivity index (χ1n) is 7.67. The number of carbonyl (C=O) groups is 1. The topological polar surface area (TPSA) is 38.1 Å². The van der Waals surface area contributed by atoms with E-state index in [-0.39, 0.29) is 11.9 Å². The van der Waals surface area contributed by atoms with Gasteiger partial charge in [0.1, 0.15) is 0 Å². The first kappa shape index (κ1) is 15.3. The number of amides is 1. The van der Waals surface area contributed by atoms with E-state index in [1.165, 1.54) is 0 Å². The van der Waals surface area contributed by atoms with E-state index in [1.807, 2.05) is 47.0 Å². The quantitative estimate of drug-likeness (QED) is 0.839. The maximum Gasteiger partial charge on any atom is 0.227 e. The zero-order valence-corrected chi connectivity index (χ0v) is 14.3. The number of piperidine rings is 1. The van der Waals surface area contributed by atoms with Crippen LogP contribution in [0.25, 0.3) is 0 Å². The van der Waals surface area contributed by atoms with Crippen LogP contribution in [0.15, 0.2) is 41.0 Å². The third kappa shape index (κ3) is 3.24. The highest BCUT2D eigenvalue weighted by atomic mass is 79.9. The van der Waals surface area contributed by atoms with Crippen molar-refractivity contribution in [2.75, 3.05) is 6.54 Å². The third-order valence-corrected chi connectivity index (χ3v) is 4.82. The van der Waals surface area contributed by atoms with Crippen molar-refractivity contribution in [2.45, 2.75) is 31.7 Å². The van der Waals surface area contributed by atoms with Gasteiger partial charge in [0.25, 0.3) is 0 Å². The molecule has 5 heteroatoms. The standard InChI is InChI=1S/C17H20BrN3O/c1-20-15(9-10-19-20)16-4-2-3-11-21(16)17(22)12-13-5-7-14(18)8-6-13/h5-10,16H,2-4,11-12H2,1H3. The fourth-order valence-electron chi connectivity index (χ4n) is 3.13. The summed E-state index contributed by atoms with van der Waals surface area (Å²) >= 11 is 3.43. The lowest BCUT2D eigenvalue weighted by Gasteiger charge is -2.36. The summed E-state index contributed by atoms with van der Waals surface area (Å²) in [5, 5.41) is 4.25. The van der Waals surface area contributed by atoms with Gasteiger partial charge in [0.2, 0.25) is 5.91 Å². The van der Waals surface area contributed by atoms with Gasteiger partial charge in [-0.15, -0.1) is 0 Å². The van der Waals surface area contributed by atoms with Crippen molar-refractivity contribution in [2.24, 2.45) is 7.05 Å². The average Bonchev–Trinajstić information content (AvgIpc) is 2.95. The number of aryl methyl sites for hydroxylation is 1. The molecule has 0 spiro atoms. The molecule has 0 saturated carbocycles. The Morgan fingerprint density at radius 2 is 2.05 bits per heavy atom. The van der Waals surface area contributed by atoms with Crippen LogP contribution in [0, 0.1) is 0 Å². The highest BCUT2D eigenvalue weighted by Gasteiger charge is 2.29. The van der Waals surface area contributed by atoms with E-state index in [2.05, 4.69) is 21.0 Å². The third-order valence-electron chi connectivity index (χ3n) is 4.29. The van der Waals surface area contributed by atoms with Crippen LogP contribution in [-0.2, 0) is 18.3 Å². The second-order valence-corrected chi connectivity index (χ2v) is 6.70. The summed E-state index contributed by atoms with van der Waals surface area (Å²) in [5.74, 6) is 0.202. The molecule has 0 bridgehead atoms. The van der Waals surface area contributed by atoms with E-state index in [1.54, 1.807) is 6.20 Å². The van der Waals surface area contributed by atoms with Crippen LogP contribution in [0.3, 0.4) is 0 Å². The summed E-state index contributed by atoms with van der Waals surface area (Å²) in [7, 11) is 1.95. The number of carbonyl (C=O) groups excluding carboxylic acids is 1. The highest BCUT2D eigenvalue weighted by molar-refractivity contribution is 9.10. The molecule has 0 radical (unpaired) electrons. The Morgan fingerprint density at radius 3 is 2.73 bits per heavy atom. The summed E-state index contributed by atoms with van der Waals surface area (Å²) in [6, 6.07) is 10.2. The molecule has 1 atom stereocenters. The maximum atomic E-state index is 12.8. The molecule has 22 heavy (non-hydrogen) atoms. The number of nitrogens with zero attached hydrogens (tertiary/aromatic N) is 3. The number of aromatic nitrogens is 2. The van der Waals surface area contributed by atoms with Gasteiger partial charge in [-0.05, 0) is 43.0 Å². The Labute approximate surface area is 139 Å². The zero-order valence-electron chi connectivity index (χ0n) is 12.7. The lowest BCUT2D eigenvalue weighted by molar-refractivity contribution is -0.134. The van der Waals surface area contributed by atoms with Crippen LogP contribution < -0.4 is 0 Å². The van der Waals surface area contributed by atoms with E-state index < -0.39 is 0 Å². The Bertz CT molecular complexity index is 650. The van der Waals surface area contributed by atoms with Gasteiger partial charge >= 0.3 is 0 Å². The molecule has 0 aliphatic carbocycles.